The van der Waals surface area contributed by atoms with Crippen LogP contribution in [0.15, 0.2) is 33.9 Å². The summed E-state index contributed by atoms with van der Waals surface area (Å²) in [7, 11) is 1.63. The van der Waals surface area contributed by atoms with Crippen LogP contribution in [0.1, 0.15) is 57.5 Å². The lowest BCUT2D eigenvalue weighted by molar-refractivity contribution is 0.0499. The zero-order chi connectivity index (χ0) is 31.1. The molecule has 5 rings (SSSR count). The maximum atomic E-state index is 14.1. The molecule has 1 fully saturated rings. The van der Waals surface area contributed by atoms with Crippen molar-refractivity contribution in [1.82, 2.24) is 29.0 Å². The van der Waals surface area contributed by atoms with Gasteiger partial charge < -0.3 is 15.0 Å². The van der Waals surface area contributed by atoms with Gasteiger partial charge in [0.25, 0.3) is 5.56 Å². The van der Waals surface area contributed by atoms with Gasteiger partial charge >= 0.3 is 11.8 Å². The number of anilines is 1. The molecule has 1 aliphatic rings. The predicted octanol–water partition coefficient (Wildman–Crippen LogP) is 3.63. The minimum atomic E-state index is -0.602. The average molecular weight is 586 g/mol. The monoisotopic (exact) mass is 585 g/mol. The topological polar surface area (TPSA) is 116 Å². The zero-order valence-electron chi connectivity index (χ0n) is 25.9. The number of aromatic nitrogens is 5. The van der Waals surface area contributed by atoms with Crippen molar-refractivity contribution in [1.29, 1.82) is 0 Å². The van der Waals surface area contributed by atoms with Gasteiger partial charge in [-0.1, -0.05) is 30.2 Å². The molecule has 1 unspecified atom stereocenters. The first-order chi connectivity index (χ1) is 20.4. The van der Waals surface area contributed by atoms with Crippen LogP contribution in [0.5, 0.6) is 0 Å². The molecule has 0 saturated carbocycles. The Hall–Kier alpha value is -4.59. The smallest absolute Gasteiger partial charge is 0.407 e. The van der Waals surface area contributed by atoms with Crippen molar-refractivity contribution >= 4 is 34.0 Å². The molecule has 1 atom stereocenters. The van der Waals surface area contributed by atoms with Gasteiger partial charge in [0, 0.05) is 37.3 Å². The van der Waals surface area contributed by atoms with Gasteiger partial charge in [0.05, 0.1) is 18.8 Å². The van der Waals surface area contributed by atoms with Crippen LogP contribution in [-0.2, 0) is 24.9 Å². The number of hydrogen-bond acceptors (Lipinski definition) is 7. The third kappa shape index (κ3) is 5.87. The second-order valence-corrected chi connectivity index (χ2v) is 12.1. The number of pyridine rings is 1. The van der Waals surface area contributed by atoms with Gasteiger partial charge in [-0.15, -0.1) is 5.92 Å². The number of alkyl carbamates (subject to hydrolysis) is 1. The Morgan fingerprint density at radius 2 is 1.84 bits per heavy atom. The van der Waals surface area contributed by atoms with Crippen molar-refractivity contribution in [2.75, 3.05) is 18.0 Å². The molecule has 43 heavy (non-hydrogen) atoms. The minimum absolute atomic E-state index is 0.0225. The number of piperidine rings is 1. The highest BCUT2D eigenvalue weighted by Crippen LogP contribution is 2.25. The van der Waals surface area contributed by atoms with Crippen LogP contribution >= 0.6 is 0 Å². The molecule has 4 heterocycles. The van der Waals surface area contributed by atoms with Crippen LogP contribution in [0, 0.1) is 25.7 Å². The number of fused-ring (bicyclic) bond motifs is 2. The highest BCUT2D eigenvalue weighted by Gasteiger charge is 2.29. The Morgan fingerprint density at radius 3 is 2.53 bits per heavy atom. The van der Waals surface area contributed by atoms with Crippen LogP contribution < -0.4 is 21.5 Å². The van der Waals surface area contributed by atoms with Gasteiger partial charge in [0.2, 0.25) is 5.95 Å². The third-order valence-electron chi connectivity index (χ3n) is 7.85. The number of nitrogens with one attached hydrogen (secondary N) is 1. The molecule has 4 aromatic rings. The molecule has 0 radical (unpaired) electrons. The summed E-state index contributed by atoms with van der Waals surface area (Å²) in [5.74, 6) is 6.51. The molecule has 226 valence electrons. The number of rotatable bonds is 5. The number of nitrogens with zero attached hydrogens (tertiary/aromatic N) is 6. The molecular weight excluding hydrogens is 546 g/mol. The van der Waals surface area contributed by atoms with Crippen molar-refractivity contribution in [3.05, 3.63) is 62.1 Å². The van der Waals surface area contributed by atoms with Gasteiger partial charge in [-0.05, 0) is 65.3 Å². The fraction of sp³-hybridized carbons (Fsp3) is 0.469. The van der Waals surface area contributed by atoms with E-state index in [0.29, 0.717) is 35.9 Å². The molecule has 0 bridgehead atoms. The van der Waals surface area contributed by atoms with Crippen LogP contribution in [0.4, 0.5) is 10.7 Å². The van der Waals surface area contributed by atoms with Crippen molar-refractivity contribution in [2.24, 2.45) is 7.05 Å². The Labute approximate surface area is 250 Å². The SMILES string of the molecule is CC#CCn1c(N2CCCC(NC(=O)OC(C)(C)C)C2)nc2c1c(=O)n(Cc1nc(C)c(C)c3ccccc13)c(=O)n2C. The van der Waals surface area contributed by atoms with E-state index in [1.54, 1.807) is 18.5 Å². The molecule has 0 aliphatic carbocycles. The van der Waals surface area contributed by atoms with E-state index >= 15 is 0 Å². The Balaban J connectivity index is 1.59. The van der Waals surface area contributed by atoms with E-state index < -0.39 is 22.9 Å². The third-order valence-corrected chi connectivity index (χ3v) is 7.85. The summed E-state index contributed by atoms with van der Waals surface area (Å²) in [4.78, 5) is 51.9. The van der Waals surface area contributed by atoms with Gasteiger partial charge in [-0.2, -0.15) is 4.98 Å². The number of carbonyl (C=O) groups is 1. The highest BCUT2D eigenvalue weighted by molar-refractivity contribution is 5.88. The molecule has 1 aliphatic heterocycles. The number of carbonyl (C=O) groups excluding carboxylic acids is 1. The summed E-state index contributed by atoms with van der Waals surface area (Å²) < 4.78 is 9.89. The molecule has 1 N–H and O–H groups in total. The lowest BCUT2D eigenvalue weighted by Crippen LogP contribution is -2.49. The van der Waals surface area contributed by atoms with Crippen molar-refractivity contribution in [2.45, 2.75) is 79.1 Å². The second-order valence-electron chi connectivity index (χ2n) is 12.1. The molecule has 1 amide bonds. The maximum Gasteiger partial charge on any atom is 0.407 e. The number of benzene rings is 1. The van der Waals surface area contributed by atoms with E-state index in [1.807, 2.05) is 63.8 Å². The first-order valence-corrected chi connectivity index (χ1v) is 14.6. The zero-order valence-corrected chi connectivity index (χ0v) is 25.9. The number of hydrogen-bond donors (Lipinski definition) is 1. The second kappa shape index (κ2) is 11.6. The predicted molar refractivity (Wildman–Crippen MR) is 168 cm³/mol. The van der Waals surface area contributed by atoms with E-state index in [-0.39, 0.29) is 19.1 Å². The molecule has 11 heteroatoms. The summed E-state index contributed by atoms with van der Waals surface area (Å²) >= 11 is 0. The molecule has 11 nitrogen and oxygen atoms in total. The average Bonchev–Trinajstić information content (AvgIpc) is 3.34. The lowest BCUT2D eigenvalue weighted by atomic mass is 10.0. The van der Waals surface area contributed by atoms with Crippen molar-refractivity contribution < 1.29 is 9.53 Å². The van der Waals surface area contributed by atoms with E-state index in [4.69, 9.17) is 14.7 Å². The minimum Gasteiger partial charge on any atom is -0.444 e. The fourth-order valence-electron chi connectivity index (χ4n) is 5.67. The molecule has 0 spiro atoms. The largest absolute Gasteiger partial charge is 0.444 e. The van der Waals surface area contributed by atoms with E-state index in [9.17, 15) is 14.4 Å². The van der Waals surface area contributed by atoms with E-state index in [2.05, 4.69) is 17.2 Å². The van der Waals surface area contributed by atoms with Crippen molar-refractivity contribution in [3.8, 4) is 11.8 Å². The van der Waals surface area contributed by atoms with Crippen LogP contribution in [-0.4, -0.2) is 54.5 Å². The lowest BCUT2D eigenvalue weighted by Gasteiger charge is -2.34. The number of amides is 1. The summed E-state index contributed by atoms with van der Waals surface area (Å²) in [6.07, 6.45) is 1.12. The summed E-state index contributed by atoms with van der Waals surface area (Å²) in [6.45, 7) is 12.6. The van der Waals surface area contributed by atoms with E-state index in [1.165, 1.54) is 9.13 Å². The van der Waals surface area contributed by atoms with Gasteiger partial charge in [-0.3, -0.25) is 23.5 Å². The highest BCUT2D eigenvalue weighted by atomic mass is 16.6. The van der Waals surface area contributed by atoms with E-state index in [0.717, 1.165) is 34.9 Å². The first-order valence-electron chi connectivity index (χ1n) is 14.6. The quantitative estimate of drug-likeness (QED) is 0.356. The standard InChI is InChI=1S/C32H39N7O4/c1-8-9-17-38-26-27(35-29(38)37-16-12-13-22(18-37)34-30(41)43-32(4,5)6)36(7)31(42)39(28(26)40)19-25-24-15-11-10-14-23(24)20(2)21(3)33-25/h10-11,14-15,22H,12-13,16-19H2,1-7H3,(H,34,41). The normalized spacial score (nSPS) is 15.4. The Morgan fingerprint density at radius 1 is 1.12 bits per heavy atom. The number of ether oxygens (including phenoxy) is 1. The molecule has 1 aromatic carbocycles. The number of aryl methyl sites for hydroxylation is 3. The molecule has 1 saturated heterocycles. The van der Waals surface area contributed by atoms with Crippen molar-refractivity contribution in [3.63, 3.8) is 0 Å². The Kier molecular flexibility index (Phi) is 8.06. The van der Waals surface area contributed by atoms with Crippen LogP contribution in [0.25, 0.3) is 21.9 Å². The summed E-state index contributed by atoms with van der Waals surface area (Å²) in [5.41, 5.74) is 1.65. The summed E-state index contributed by atoms with van der Waals surface area (Å²) in [5, 5.41) is 4.91. The molecule has 3 aromatic heterocycles. The maximum absolute atomic E-state index is 14.1. The Bertz CT molecular complexity index is 1900. The fourth-order valence-corrected chi connectivity index (χ4v) is 5.67. The first kappa shape index (κ1) is 29.9. The summed E-state index contributed by atoms with van der Waals surface area (Å²) in [6, 6.07) is 7.73. The number of imidazole rings is 1. The van der Waals surface area contributed by atoms with Gasteiger partial charge in [0.1, 0.15) is 5.60 Å². The molecular formula is C32H39N7O4. The van der Waals surface area contributed by atoms with Crippen LogP contribution in [0.3, 0.4) is 0 Å². The van der Waals surface area contributed by atoms with Crippen LogP contribution in [0.2, 0.25) is 0 Å². The van der Waals surface area contributed by atoms with Gasteiger partial charge in [-0.25, -0.2) is 9.59 Å². The van der Waals surface area contributed by atoms with Gasteiger partial charge in [0.15, 0.2) is 11.2 Å².